The molecule has 1 saturated heterocycles. The van der Waals surface area contributed by atoms with E-state index in [0.29, 0.717) is 30.9 Å². The lowest BCUT2D eigenvalue weighted by Gasteiger charge is -2.35. The number of piperazine rings is 1. The van der Waals surface area contributed by atoms with Gasteiger partial charge in [-0.1, -0.05) is 23.7 Å². The van der Waals surface area contributed by atoms with Crippen molar-refractivity contribution >= 4 is 47.7 Å². The highest BCUT2D eigenvalue weighted by Gasteiger charge is 2.29. The Bertz CT molecular complexity index is 1190. The average Bonchev–Trinajstić information content (AvgIpc) is 2.98. The molecule has 0 spiro atoms. The Balaban J connectivity index is 1.59. The first-order valence-corrected chi connectivity index (χ1v) is 15.8. The van der Waals surface area contributed by atoms with E-state index in [9.17, 15) is 14.4 Å². The van der Waals surface area contributed by atoms with Crippen molar-refractivity contribution in [3.63, 3.8) is 0 Å². The maximum Gasteiger partial charge on any atom is 0.323 e. The summed E-state index contributed by atoms with van der Waals surface area (Å²) in [6.07, 6.45) is 0.658. The van der Waals surface area contributed by atoms with E-state index < -0.39 is 17.3 Å². The second-order valence-electron chi connectivity index (χ2n) is 11.3. The number of amides is 2. The SMILES string of the molecule is CC(C)OCCN(C(=O)[C@H](S)CC(N)C(=O)OC(C)C)c1ccc(C(=O)N2CCN(CCc3ccc(Cl)cc3)CC2)cc1. The molecule has 0 aliphatic carbocycles. The van der Waals surface area contributed by atoms with E-state index in [1.165, 1.54) is 5.56 Å². The summed E-state index contributed by atoms with van der Waals surface area (Å²) in [7, 11) is 0. The van der Waals surface area contributed by atoms with E-state index in [1.54, 1.807) is 43.0 Å². The Morgan fingerprint density at radius 2 is 1.58 bits per heavy atom. The van der Waals surface area contributed by atoms with Gasteiger partial charge in [-0.05, 0) is 82.5 Å². The zero-order chi connectivity index (χ0) is 31.5. The Morgan fingerprint density at radius 1 is 0.953 bits per heavy atom. The maximum atomic E-state index is 13.5. The van der Waals surface area contributed by atoms with Crippen LogP contribution >= 0.6 is 24.2 Å². The van der Waals surface area contributed by atoms with Gasteiger partial charge in [-0.25, -0.2) is 0 Å². The fourth-order valence-corrected chi connectivity index (χ4v) is 5.26. The van der Waals surface area contributed by atoms with Crippen molar-refractivity contribution in [3.8, 4) is 0 Å². The van der Waals surface area contributed by atoms with E-state index in [2.05, 4.69) is 17.5 Å². The van der Waals surface area contributed by atoms with Crippen molar-refractivity contribution in [3.05, 3.63) is 64.7 Å². The van der Waals surface area contributed by atoms with E-state index in [0.717, 1.165) is 31.1 Å². The molecule has 236 valence electrons. The molecular formula is C32H45ClN4O5S. The van der Waals surface area contributed by atoms with Crippen LogP contribution in [-0.4, -0.2) is 97.0 Å². The molecule has 2 aromatic carbocycles. The first kappa shape index (κ1) is 34.9. The summed E-state index contributed by atoms with van der Waals surface area (Å²) in [6, 6.07) is 14.0. The Labute approximate surface area is 266 Å². The largest absolute Gasteiger partial charge is 0.462 e. The number of nitrogens with two attached hydrogens (primary N) is 1. The smallest absolute Gasteiger partial charge is 0.323 e. The van der Waals surface area contributed by atoms with Crippen LogP contribution in [0, 0.1) is 0 Å². The van der Waals surface area contributed by atoms with Crippen LogP contribution in [0.25, 0.3) is 0 Å². The van der Waals surface area contributed by atoms with Crippen molar-refractivity contribution in [1.82, 2.24) is 9.80 Å². The van der Waals surface area contributed by atoms with E-state index in [-0.39, 0.29) is 37.0 Å². The van der Waals surface area contributed by atoms with Gasteiger partial charge in [-0.15, -0.1) is 0 Å². The lowest BCUT2D eigenvalue weighted by Crippen LogP contribution is -2.49. The van der Waals surface area contributed by atoms with Crippen molar-refractivity contribution < 1.29 is 23.9 Å². The fraction of sp³-hybridized carbons (Fsp3) is 0.531. The summed E-state index contributed by atoms with van der Waals surface area (Å²) >= 11 is 10.5. The molecular weight excluding hydrogens is 588 g/mol. The molecule has 2 aromatic rings. The summed E-state index contributed by atoms with van der Waals surface area (Å²) in [4.78, 5) is 44.7. The van der Waals surface area contributed by atoms with Crippen LogP contribution in [0.3, 0.4) is 0 Å². The van der Waals surface area contributed by atoms with Crippen LogP contribution in [0.1, 0.15) is 50.0 Å². The minimum atomic E-state index is -0.972. The number of carbonyl (C=O) groups is 3. The van der Waals surface area contributed by atoms with Crippen LogP contribution < -0.4 is 10.6 Å². The molecule has 1 heterocycles. The number of hydrogen-bond donors (Lipinski definition) is 2. The number of thiol groups is 1. The van der Waals surface area contributed by atoms with Gasteiger partial charge in [0.05, 0.1) is 24.1 Å². The molecule has 1 aliphatic heterocycles. The van der Waals surface area contributed by atoms with Gasteiger partial charge in [0.1, 0.15) is 6.04 Å². The zero-order valence-electron chi connectivity index (χ0n) is 25.6. The monoisotopic (exact) mass is 632 g/mol. The highest BCUT2D eigenvalue weighted by atomic mass is 35.5. The summed E-state index contributed by atoms with van der Waals surface area (Å²) in [5.74, 6) is -0.911. The normalized spacial score (nSPS) is 15.4. The summed E-state index contributed by atoms with van der Waals surface area (Å²) < 4.78 is 10.9. The molecule has 0 saturated carbocycles. The molecule has 2 atom stereocenters. The van der Waals surface area contributed by atoms with Gasteiger partial charge in [0.15, 0.2) is 0 Å². The molecule has 11 heteroatoms. The molecule has 2 amide bonds. The van der Waals surface area contributed by atoms with Gasteiger partial charge < -0.3 is 25.0 Å². The van der Waals surface area contributed by atoms with Crippen LogP contribution in [0.15, 0.2) is 48.5 Å². The third-order valence-corrected chi connectivity index (χ3v) is 7.85. The number of carbonyl (C=O) groups excluding carboxylic acids is 3. The van der Waals surface area contributed by atoms with E-state index in [1.807, 2.05) is 43.0 Å². The van der Waals surface area contributed by atoms with Crippen LogP contribution in [0.5, 0.6) is 0 Å². The number of anilines is 1. The number of halogens is 1. The second kappa shape index (κ2) is 17.0. The summed E-state index contributed by atoms with van der Waals surface area (Å²) in [5.41, 5.74) is 8.41. The lowest BCUT2D eigenvalue weighted by molar-refractivity contribution is -0.149. The standard InChI is InChI=1S/C32H45ClN4O5S/c1-22(2)41-20-19-37(31(39)29(43)21-28(34)32(40)42-23(3)4)27-11-7-25(8-12-27)30(38)36-17-15-35(16-18-36)14-13-24-5-9-26(33)10-6-24/h5-12,22-23,28-29,43H,13-21,34H2,1-4H3/t28?,29-/m1/s1. The number of ether oxygens (including phenoxy) is 2. The first-order chi connectivity index (χ1) is 20.4. The van der Waals surface area contributed by atoms with Gasteiger partial charge in [0.25, 0.3) is 5.91 Å². The molecule has 1 aliphatic rings. The number of benzene rings is 2. The van der Waals surface area contributed by atoms with E-state index in [4.69, 9.17) is 26.8 Å². The van der Waals surface area contributed by atoms with Crippen molar-refractivity contribution in [2.24, 2.45) is 5.73 Å². The van der Waals surface area contributed by atoms with Crippen molar-refractivity contribution in [1.29, 1.82) is 0 Å². The molecule has 0 radical (unpaired) electrons. The van der Waals surface area contributed by atoms with Gasteiger partial charge in [0, 0.05) is 55.5 Å². The first-order valence-electron chi connectivity index (χ1n) is 14.9. The second-order valence-corrected chi connectivity index (χ2v) is 12.4. The van der Waals surface area contributed by atoms with Crippen LogP contribution in [0.2, 0.25) is 5.02 Å². The number of rotatable bonds is 14. The van der Waals surface area contributed by atoms with Gasteiger partial charge in [0.2, 0.25) is 5.91 Å². The molecule has 3 rings (SSSR count). The molecule has 0 aromatic heterocycles. The predicted octanol–water partition coefficient (Wildman–Crippen LogP) is 4.07. The Kier molecular flexibility index (Phi) is 13.8. The topological polar surface area (TPSA) is 105 Å². The van der Waals surface area contributed by atoms with Gasteiger partial charge >= 0.3 is 5.97 Å². The van der Waals surface area contributed by atoms with E-state index >= 15 is 0 Å². The van der Waals surface area contributed by atoms with Crippen LogP contribution in [-0.2, 0) is 25.5 Å². The highest BCUT2D eigenvalue weighted by molar-refractivity contribution is 7.81. The molecule has 0 bridgehead atoms. The quantitative estimate of drug-likeness (QED) is 0.239. The molecule has 1 unspecified atom stereocenters. The number of esters is 1. The summed E-state index contributed by atoms with van der Waals surface area (Å²) in [6.45, 7) is 11.8. The average molecular weight is 633 g/mol. The molecule has 9 nitrogen and oxygen atoms in total. The Morgan fingerprint density at radius 3 is 2.16 bits per heavy atom. The summed E-state index contributed by atoms with van der Waals surface area (Å²) in [5, 5.41) is -0.0918. The lowest BCUT2D eigenvalue weighted by atomic mass is 10.1. The minimum absolute atomic E-state index is 0.000812. The molecule has 1 fully saturated rings. The zero-order valence-corrected chi connectivity index (χ0v) is 27.2. The third kappa shape index (κ3) is 11.1. The predicted molar refractivity (Wildman–Crippen MR) is 174 cm³/mol. The highest BCUT2D eigenvalue weighted by Crippen LogP contribution is 2.21. The van der Waals surface area contributed by atoms with Gasteiger partial charge in [-0.2, -0.15) is 12.6 Å². The Hall–Kier alpha value is -2.63. The van der Waals surface area contributed by atoms with Crippen molar-refractivity contribution in [2.75, 3.05) is 50.8 Å². The molecule has 43 heavy (non-hydrogen) atoms. The van der Waals surface area contributed by atoms with Crippen molar-refractivity contribution in [2.45, 2.75) is 64.0 Å². The number of hydrogen-bond acceptors (Lipinski definition) is 8. The minimum Gasteiger partial charge on any atom is -0.462 e. The maximum absolute atomic E-state index is 13.5. The fourth-order valence-electron chi connectivity index (χ4n) is 4.76. The third-order valence-electron chi connectivity index (χ3n) is 7.16. The number of nitrogens with zero attached hydrogens (tertiary/aromatic N) is 3. The van der Waals surface area contributed by atoms with Gasteiger partial charge in [-0.3, -0.25) is 19.3 Å². The molecule has 2 N–H and O–H groups in total. The van der Waals surface area contributed by atoms with Crippen LogP contribution in [0.4, 0.5) is 5.69 Å².